The van der Waals surface area contributed by atoms with Gasteiger partial charge in [0.05, 0.1) is 0 Å². The number of hydrogen-bond acceptors (Lipinski definition) is 0. The average molecular weight is 576 g/mol. The van der Waals surface area contributed by atoms with Crippen LogP contribution in [-0.4, -0.2) is 0 Å². The second kappa shape index (κ2) is 12.7. The molecule has 0 N–H and O–H groups in total. The summed E-state index contributed by atoms with van der Waals surface area (Å²) in [5.74, 6) is 1.31. The van der Waals surface area contributed by atoms with Gasteiger partial charge < -0.3 is 24.8 Å². The van der Waals surface area contributed by atoms with Crippen molar-refractivity contribution in [3.63, 3.8) is 0 Å². The predicted octanol–water partition coefficient (Wildman–Crippen LogP) is 1.66. The summed E-state index contributed by atoms with van der Waals surface area (Å²) in [5, 5.41) is 0. The van der Waals surface area contributed by atoms with Crippen LogP contribution < -0.4 is 24.8 Å². The maximum atomic E-state index is 2.32. The minimum absolute atomic E-state index is 0. The fourth-order valence-corrected chi connectivity index (χ4v) is 2.57. The van der Waals surface area contributed by atoms with Crippen molar-refractivity contribution in [3.8, 4) is 0 Å². The van der Waals surface area contributed by atoms with E-state index in [9.17, 15) is 0 Å². The number of rotatable bonds is 2. The summed E-state index contributed by atoms with van der Waals surface area (Å²) < 4.78 is 0. The Hall–Kier alpha value is 0.150. The minimum Gasteiger partial charge on any atom is -1.00 e. The standard InChI is InChI=1S/2C12H19.2ClH.Hf/c2*1-9(2)10-6-7-11(8-10)12(3,4)5;;;/h2*6-9H,1-5H3;2*1H;/q2*-1;;;+4/p-2. The van der Waals surface area contributed by atoms with Crippen molar-refractivity contribution in [2.75, 3.05) is 0 Å². The van der Waals surface area contributed by atoms with E-state index >= 15 is 0 Å². The van der Waals surface area contributed by atoms with Crippen LogP contribution in [0.3, 0.4) is 0 Å². The molecule has 0 saturated carbocycles. The first-order valence-electron chi connectivity index (χ1n) is 9.36. The second-order valence-electron chi connectivity index (χ2n) is 9.68. The zero-order chi connectivity index (χ0) is 18.7. The second-order valence-corrected chi connectivity index (χ2v) is 9.68. The van der Waals surface area contributed by atoms with Crippen LogP contribution in [0.2, 0.25) is 0 Å². The minimum atomic E-state index is 0. The Balaban J connectivity index is -0.000000384. The van der Waals surface area contributed by atoms with Crippen molar-refractivity contribution in [1.29, 1.82) is 0 Å². The van der Waals surface area contributed by atoms with Crippen LogP contribution >= 0.6 is 0 Å². The van der Waals surface area contributed by atoms with E-state index in [-0.39, 0.29) is 50.7 Å². The summed E-state index contributed by atoms with van der Waals surface area (Å²) in [4.78, 5) is 0. The topological polar surface area (TPSA) is 0 Å². The third-order valence-corrected chi connectivity index (χ3v) is 4.62. The van der Waals surface area contributed by atoms with Gasteiger partial charge in [0.1, 0.15) is 0 Å². The molecule has 0 atom stereocenters. The molecule has 0 nitrogen and oxygen atoms in total. The molecule has 2 aromatic carbocycles. The van der Waals surface area contributed by atoms with Crippen LogP contribution in [0.25, 0.3) is 0 Å². The maximum Gasteiger partial charge on any atom is 4.00 e. The molecule has 27 heavy (non-hydrogen) atoms. The zero-order valence-electron chi connectivity index (χ0n) is 18.9. The molecule has 0 radical (unpaired) electrons. The van der Waals surface area contributed by atoms with Crippen LogP contribution in [0.5, 0.6) is 0 Å². The Kier molecular flexibility index (Phi) is 14.9. The van der Waals surface area contributed by atoms with Gasteiger partial charge in [-0.25, -0.2) is 12.1 Å². The molecule has 0 aliphatic heterocycles. The monoisotopic (exact) mass is 576 g/mol. The first-order valence-corrected chi connectivity index (χ1v) is 9.36. The summed E-state index contributed by atoms with van der Waals surface area (Å²) in [7, 11) is 0. The van der Waals surface area contributed by atoms with E-state index in [1.54, 1.807) is 0 Å². The van der Waals surface area contributed by atoms with Gasteiger partial charge in [-0.3, -0.25) is 0 Å². The summed E-state index contributed by atoms with van der Waals surface area (Å²) in [6.45, 7) is 22.5. The first kappa shape index (κ1) is 31.8. The quantitative estimate of drug-likeness (QED) is 0.378. The summed E-state index contributed by atoms with van der Waals surface area (Å²) >= 11 is 0. The average Bonchev–Trinajstić information content (AvgIpc) is 3.08. The Morgan fingerprint density at radius 1 is 0.630 bits per heavy atom. The van der Waals surface area contributed by atoms with Crippen LogP contribution in [0.1, 0.15) is 103 Å². The van der Waals surface area contributed by atoms with Gasteiger partial charge in [0, 0.05) is 0 Å². The van der Waals surface area contributed by atoms with E-state index in [4.69, 9.17) is 0 Å². The van der Waals surface area contributed by atoms with Gasteiger partial charge in [-0.15, -0.1) is 0 Å². The Morgan fingerprint density at radius 2 is 0.889 bits per heavy atom. The molecule has 0 fully saturated rings. The molecule has 0 spiro atoms. The van der Waals surface area contributed by atoms with Crippen molar-refractivity contribution in [2.45, 2.75) is 91.9 Å². The molecular formula is C24H38Cl2Hf. The predicted molar refractivity (Wildman–Crippen MR) is 110 cm³/mol. The van der Waals surface area contributed by atoms with E-state index in [0.29, 0.717) is 22.7 Å². The zero-order valence-corrected chi connectivity index (χ0v) is 24.0. The molecular weight excluding hydrogens is 538 g/mol. The molecule has 0 unspecified atom stereocenters. The molecule has 0 heterocycles. The summed E-state index contributed by atoms with van der Waals surface area (Å²) in [6, 6.07) is 13.6. The van der Waals surface area contributed by atoms with E-state index < -0.39 is 0 Å². The third kappa shape index (κ3) is 10.5. The van der Waals surface area contributed by atoms with E-state index in [0.717, 1.165) is 0 Å². The van der Waals surface area contributed by atoms with Gasteiger partial charge in [0.25, 0.3) is 0 Å². The van der Waals surface area contributed by atoms with E-state index in [1.165, 1.54) is 22.3 Å². The van der Waals surface area contributed by atoms with E-state index in [1.807, 2.05) is 0 Å². The van der Waals surface area contributed by atoms with Crippen molar-refractivity contribution in [2.24, 2.45) is 0 Å². The molecule has 0 saturated heterocycles. The SMILES string of the molecule is CC(C)c1cc(C(C)(C)C)c[cH-]1.CC(C)c1cc(C(C)(C)C)c[cH-]1.[Cl-].[Cl-].[Hf+4]. The fraction of sp³-hybridized carbons (Fsp3) is 0.583. The van der Waals surface area contributed by atoms with Gasteiger partial charge >= 0.3 is 25.8 Å². The van der Waals surface area contributed by atoms with Crippen LogP contribution in [0, 0.1) is 0 Å². The third-order valence-electron chi connectivity index (χ3n) is 4.62. The van der Waals surface area contributed by atoms with Crippen molar-refractivity contribution >= 4 is 0 Å². The normalized spacial score (nSPS) is 11.1. The first-order chi connectivity index (χ1) is 10.8. The van der Waals surface area contributed by atoms with Gasteiger partial charge in [0.15, 0.2) is 0 Å². The van der Waals surface area contributed by atoms with Crippen molar-refractivity contribution in [3.05, 3.63) is 58.7 Å². The Morgan fingerprint density at radius 3 is 1.00 bits per heavy atom. The van der Waals surface area contributed by atoms with Crippen LogP contribution in [0.15, 0.2) is 36.4 Å². The smallest absolute Gasteiger partial charge is 1.00 e. The number of halogens is 2. The summed E-state index contributed by atoms with van der Waals surface area (Å²) in [6.07, 6.45) is 0. The van der Waals surface area contributed by atoms with Crippen molar-refractivity contribution < 1.29 is 50.7 Å². The van der Waals surface area contributed by atoms with Gasteiger partial charge in [-0.2, -0.15) is 46.5 Å². The summed E-state index contributed by atoms with van der Waals surface area (Å²) in [5.41, 5.74) is 6.41. The van der Waals surface area contributed by atoms with Crippen LogP contribution in [0.4, 0.5) is 0 Å². The molecule has 0 amide bonds. The van der Waals surface area contributed by atoms with Gasteiger partial charge in [-0.1, -0.05) is 80.1 Å². The Labute approximate surface area is 200 Å². The van der Waals surface area contributed by atoms with Crippen LogP contribution in [-0.2, 0) is 36.7 Å². The molecule has 152 valence electrons. The van der Waals surface area contributed by atoms with Gasteiger partial charge in [-0.05, 0) is 11.8 Å². The Bertz CT molecular complexity index is 563. The van der Waals surface area contributed by atoms with Crippen molar-refractivity contribution in [1.82, 2.24) is 0 Å². The molecule has 3 heteroatoms. The molecule has 0 aliphatic rings. The molecule has 2 aromatic rings. The number of hydrogen-bond donors (Lipinski definition) is 0. The molecule has 0 aromatic heterocycles. The van der Waals surface area contributed by atoms with Gasteiger partial charge in [0.2, 0.25) is 0 Å². The fourth-order valence-electron chi connectivity index (χ4n) is 2.57. The molecule has 0 aliphatic carbocycles. The van der Waals surface area contributed by atoms with E-state index in [2.05, 4.69) is 106 Å². The maximum absolute atomic E-state index is 2.32. The largest absolute Gasteiger partial charge is 4.00 e. The molecule has 0 bridgehead atoms. The molecule has 2 rings (SSSR count).